The van der Waals surface area contributed by atoms with E-state index in [0.717, 1.165) is 0 Å². The Bertz CT molecular complexity index is 465. The molecule has 0 aliphatic carbocycles. The summed E-state index contributed by atoms with van der Waals surface area (Å²) < 4.78 is 7.64. The predicted octanol–water partition coefficient (Wildman–Crippen LogP) is 3.24. The zero-order chi connectivity index (χ0) is 14.6. The molecule has 0 saturated carbocycles. The maximum Gasteiger partial charge on any atom is 0.317 e. The molecule has 0 N–H and O–H groups in total. The van der Waals surface area contributed by atoms with Gasteiger partial charge < -0.3 is 9.47 Å². The largest absolute Gasteiger partial charge is 0.468 e. The van der Waals surface area contributed by atoms with Crippen LogP contribution in [0.5, 0.6) is 5.75 Å². The van der Waals surface area contributed by atoms with Gasteiger partial charge in [-0.2, -0.15) is 0 Å². The van der Waals surface area contributed by atoms with Gasteiger partial charge in [0.1, 0.15) is 11.7 Å². The molecule has 1 aromatic rings. The summed E-state index contributed by atoms with van der Waals surface area (Å²) in [6.45, 7) is 1.28. The second-order valence-electron chi connectivity index (χ2n) is 3.66. The first-order valence-electron chi connectivity index (χ1n) is 5.18. The molecule has 19 heavy (non-hydrogen) atoms. The first kappa shape index (κ1) is 16.1. The highest BCUT2D eigenvalue weighted by Crippen LogP contribution is 2.42. The topological polar surface area (TPSA) is 52.6 Å². The molecule has 7 heteroatoms. The second kappa shape index (κ2) is 6.46. The molecule has 0 fully saturated rings. The Morgan fingerprint density at radius 2 is 1.68 bits per heavy atom. The lowest BCUT2D eigenvalue weighted by Gasteiger charge is -2.22. The minimum absolute atomic E-state index is 0.337. The molecule has 0 saturated heterocycles. The van der Waals surface area contributed by atoms with E-state index in [1.54, 1.807) is 0 Å². The van der Waals surface area contributed by atoms with Crippen LogP contribution in [0.1, 0.15) is 18.4 Å². The van der Waals surface area contributed by atoms with Gasteiger partial charge in [-0.3, -0.25) is 9.59 Å². The van der Waals surface area contributed by atoms with Crippen molar-refractivity contribution in [1.29, 1.82) is 0 Å². The quantitative estimate of drug-likeness (QED) is 0.486. The van der Waals surface area contributed by atoms with Crippen molar-refractivity contribution in [2.75, 3.05) is 7.11 Å². The molecule has 0 amide bonds. The highest BCUT2D eigenvalue weighted by atomic mass is 35.6. The van der Waals surface area contributed by atoms with Crippen molar-refractivity contribution < 1.29 is 19.1 Å². The number of halogens is 3. The van der Waals surface area contributed by atoms with Crippen LogP contribution in [0.25, 0.3) is 0 Å². The molecule has 0 aliphatic heterocycles. The van der Waals surface area contributed by atoms with Gasteiger partial charge in [0.25, 0.3) is 0 Å². The van der Waals surface area contributed by atoms with E-state index in [9.17, 15) is 9.59 Å². The first-order chi connectivity index (χ1) is 8.75. The van der Waals surface area contributed by atoms with Crippen molar-refractivity contribution in [2.24, 2.45) is 0 Å². The Morgan fingerprint density at radius 3 is 2.05 bits per heavy atom. The van der Waals surface area contributed by atoms with Gasteiger partial charge in [-0.25, -0.2) is 0 Å². The number of hydrogen-bond acceptors (Lipinski definition) is 4. The Balaban J connectivity index is 3.04. The smallest absolute Gasteiger partial charge is 0.317 e. The van der Waals surface area contributed by atoms with Gasteiger partial charge >= 0.3 is 11.9 Å². The molecule has 1 atom stereocenters. The third kappa shape index (κ3) is 4.56. The van der Waals surface area contributed by atoms with Gasteiger partial charge in [0, 0.05) is 6.92 Å². The number of carbonyl (C=O) groups excluding carboxylic acids is 2. The number of methoxy groups -OCH3 is 1. The Labute approximate surface area is 125 Å². The van der Waals surface area contributed by atoms with Crippen molar-refractivity contribution >= 4 is 46.7 Å². The molecule has 0 radical (unpaired) electrons. The van der Waals surface area contributed by atoms with Crippen molar-refractivity contribution in [3.05, 3.63) is 29.8 Å². The van der Waals surface area contributed by atoms with Crippen LogP contribution in [0.4, 0.5) is 0 Å². The molecule has 0 bridgehead atoms. The van der Waals surface area contributed by atoms with Gasteiger partial charge in [0.15, 0.2) is 0 Å². The third-order valence-electron chi connectivity index (χ3n) is 2.24. The molecular weight excluding hydrogens is 314 g/mol. The molecule has 0 aromatic heterocycles. The predicted molar refractivity (Wildman–Crippen MR) is 72.8 cm³/mol. The lowest BCUT2D eigenvalue weighted by Crippen LogP contribution is -2.26. The maximum absolute atomic E-state index is 11.7. The number of esters is 2. The fourth-order valence-corrected chi connectivity index (χ4v) is 2.12. The number of benzene rings is 1. The van der Waals surface area contributed by atoms with E-state index >= 15 is 0 Å². The highest BCUT2D eigenvalue weighted by Gasteiger charge is 2.40. The summed E-state index contributed by atoms with van der Waals surface area (Å²) in [4.78, 5) is 22.4. The molecule has 0 aliphatic rings. The lowest BCUT2D eigenvalue weighted by molar-refractivity contribution is -0.142. The van der Waals surface area contributed by atoms with Gasteiger partial charge in [-0.1, -0.05) is 46.9 Å². The highest BCUT2D eigenvalue weighted by molar-refractivity contribution is 6.68. The van der Waals surface area contributed by atoms with Crippen LogP contribution < -0.4 is 4.74 Å². The number of hydrogen-bond donors (Lipinski definition) is 0. The molecule has 1 aromatic carbocycles. The summed E-state index contributed by atoms with van der Waals surface area (Å²) in [5.74, 6) is -1.84. The van der Waals surface area contributed by atoms with Crippen LogP contribution >= 0.6 is 34.8 Å². The Hall–Kier alpha value is -0.970. The summed E-state index contributed by atoms with van der Waals surface area (Å²) in [6, 6.07) is 6.07. The van der Waals surface area contributed by atoms with Crippen molar-refractivity contribution in [3.8, 4) is 5.75 Å². The molecule has 1 unspecified atom stereocenters. The molecule has 1 rings (SSSR count). The number of rotatable bonds is 3. The summed E-state index contributed by atoms with van der Waals surface area (Å²) in [5.41, 5.74) is 0.447. The van der Waals surface area contributed by atoms with Gasteiger partial charge in [-0.05, 0) is 17.7 Å². The maximum atomic E-state index is 11.7. The van der Waals surface area contributed by atoms with E-state index in [1.807, 2.05) is 0 Å². The Kier molecular flexibility index (Phi) is 5.47. The molecule has 0 heterocycles. The third-order valence-corrected chi connectivity index (χ3v) is 2.89. The zero-order valence-corrected chi connectivity index (χ0v) is 12.4. The van der Waals surface area contributed by atoms with Crippen LogP contribution in [0, 0.1) is 0 Å². The fourth-order valence-electron chi connectivity index (χ4n) is 1.47. The molecular formula is C12H11Cl3O4. The SMILES string of the molecule is COC(=O)C(c1ccc(OC(C)=O)cc1)C(Cl)(Cl)Cl. The van der Waals surface area contributed by atoms with Crippen LogP contribution in [-0.4, -0.2) is 22.8 Å². The van der Waals surface area contributed by atoms with E-state index in [2.05, 4.69) is 4.74 Å². The van der Waals surface area contributed by atoms with E-state index in [4.69, 9.17) is 39.5 Å². The lowest BCUT2D eigenvalue weighted by atomic mass is 10.0. The number of carbonyl (C=O) groups is 2. The van der Waals surface area contributed by atoms with Gasteiger partial charge in [0.2, 0.25) is 3.79 Å². The number of alkyl halides is 3. The molecule has 4 nitrogen and oxygen atoms in total. The van der Waals surface area contributed by atoms with E-state index in [-0.39, 0.29) is 0 Å². The standard InChI is InChI=1S/C12H11Cl3O4/c1-7(16)19-9-5-3-8(4-6-9)10(11(17)18-2)12(13,14)15/h3-6,10H,1-2H3. The fraction of sp³-hybridized carbons (Fsp3) is 0.333. The molecule has 104 valence electrons. The second-order valence-corrected chi connectivity index (χ2v) is 6.03. The minimum atomic E-state index is -1.84. The Morgan fingerprint density at radius 1 is 1.16 bits per heavy atom. The average Bonchev–Trinajstić information content (AvgIpc) is 2.29. The zero-order valence-electron chi connectivity index (χ0n) is 10.2. The van der Waals surface area contributed by atoms with Crippen molar-refractivity contribution in [1.82, 2.24) is 0 Å². The summed E-state index contributed by atoms with van der Waals surface area (Å²) in [6.07, 6.45) is 0. The van der Waals surface area contributed by atoms with Crippen LogP contribution in [-0.2, 0) is 14.3 Å². The van der Waals surface area contributed by atoms with Gasteiger partial charge in [-0.15, -0.1) is 0 Å². The minimum Gasteiger partial charge on any atom is -0.468 e. The van der Waals surface area contributed by atoms with Crippen LogP contribution in [0.2, 0.25) is 0 Å². The van der Waals surface area contributed by atoms with Gasteiger partial charge in [0.05, 0.1) is 7.11 Å². The van der Waals surface area contributed by atoms with Crippen molar-refractivity contribution in [2.45, 2.75) is 16.6 Å². The van der Waals surface area contributed by atoms with Crippen LogP contribution in [0.15, 0.2) is 24.3 Å². The monoisotopic (exact) mass is 324 g/mol. The molecule has 0 spiro atoms. The average molecular weight is 326 g/mol. The first-order valence-corrected chi connectivity index (χ1v) is 6.32. The van der Waals surface area contributed by atoms with Crippen LogP contribution in [0.3, 0.4) is 0 Å². The summed E-state index contributed by atoms with van der Waals surface area (Å²) >= 11 is 17.3. The normalized spacial score (nSPS) is 12.7. The summed E-state index contributed by atoms with van der Waals surface area (Å²) in [7, 11) is 1.21. The van der Waals surface area contributed by atoms with Crippen molar-refractivity contribution in [3.63, 3.8) is 0 Å². The van der Waals surface area contributed by atoms with E-state index in [1.165, 1.54) is 38.3 Å². The number of ether oxygens (including phenoxy) is 2. The summed E-state index contributed by atoms with van der Waals surface area (Å²) in [5, 5.41) is 0. The van der Waals surface area contributed by atoms with E-state index < -0.39 is 21.6 Å². The van der Waals surface area contributed by atoms with E-state index in [0.29, 0.717) is 11.3 Å².